The largest absolute Gasteiger partial charge is 0.451 e. The van der Waals surface area contributed by atoms with Gasteiger partial charge < -0.3 is 9.64 Å². The first-order valence-corrected chi connectivity index (χ1v) is 9.71. The fraction of sp³-hybridized carbons (Fsp3) is 0.579. The summed E-state index contributed by atoms with van der Waals surface area (Å²) in [5.41, 5.74) is 1.23. The minimum absolute atomic E-state index is 0.182. The van der Waals surface area contributed by atoms with Gasteiger partial charge in [0.1, 0.15) is 4.88 Å². The van der Waals surface area contributed by atoms with Crippen molar-refractivity contribution in [2.24, 2.45) is 5.92 Å². The molecule has 1 aromatic rings. The number of nitrogens with zero attached hydrogens (tertiary/aromatic N) is 3. The van der Waals surface area contributed by atoms with E-state index in [0.717, 1.165) is 25.7 Å². The molecule has 0 saturated carbocycles. The van der Waals surface area contributed by atoms with Gasteiger partial charge in [-0.2, -0.15) is 10.5 Å². The normalized spacial score (nSPS) is 15.4. The molecule has 0 aliphatic heterocycles. The number of rotatable bonds is 8. The van der Waals surface area contributed by atoms with Crippen LogP contribution < -0.4 is 0 Å². The summed E-state index contributed by atoms with van der Waals surface area (Å²) in [6.07, 6.45) is 4.67. The molecule has 138 valence electrons. The zero-order chi connectivity index (χ0) is 18.9. The van der Waals surface area contributed by atoms with Crippen molar-refractivity contribution in [3.8, 4) is 12.1 Å². The highest BCUT2D eigenvalue weighted by atomic mass is 32.1. The second-order valence-electron chi connectivity index (χ2n) is 6.35. The maximum Gasteiger partial charge on any atom is 0.348 e. The Morgan fingerprint density at radius 3 is 2.62 bits per heavy atom. The molecule has 0 fully saturated rings. The van der Waals surface area contributed by atoms with Gasteiger partial charge in [0.15, 0.2) is 6.61 Å². The van der Waals surface area contributed by atoms with Crippen LogP contribution in [0.5, 0.6) is 0 Å². The van der Waals surface area contributed by atoms with Crippen LogP contribution in [0.25, 0.3) is 0 Å². The van der Waals surface area contributed by atoms with E-state index >= 15 is 0 Å². The molecule has 0 aromatic carbocycles. The van der Waals surface area contributed by atoms with E-state index in [1.54, 1.807) is 0 Å². The number of hydrogen-bond donors (Lipinski definition) is 0. The fourth-order valence-electron chi connectivity index (χ4n) is 3.07. The van der Waals surface area contributed by atoms with Gasteiger partial charge in [0.2, 0.25) is 0 Å². The lowest BCUT2D eigenvalue weighted by atomic mass is 9.87. The van der Waals surface area contributed by atoms with Crippen LogP contribution in [0, 0.1) is 28.6 Å². The number of amides is 1. The molecule has 0 saturated heterocycles. The summed E-state index contributed by atoms with van der Waals surface area (Å²) in [5.74, 6) is -0.182. The first-order valence-electron chi connectivity index (χ1n) is 8.89. The molecule has 26 heavy (non-hydrogen) atoms. The van der Waals surface area contributed by atoms with E-state index < -0.39 is 5.97 Å². The molecule has 0 bridgehead atoms. The van der Waals surface area contributed by atoms with Crippen LogP contribution in [0.15, 0.2) is 6.07 Å². The van der Waals surface area contributed by atoms with Crippen LogP contribution in [0.1, 0.15) is 52.7 Å². The molecule has 1 aliphatic rings. The van der Waals surface area contributed by atoms with Gasteiger partial charge in [-0.25, -0.2) is 4.79 Å². The summed E-state index contributed by atoms with van der Waals surface area (Å²) in [4.78, 5) is 27.7. The lowest BCUT2D eigenvalue weighted by Crippen LogP contribution is -2.36. The Kier molecular flexibility index (Phi) is 7.62. The fourth-order valence-corrected chi connectivity index (χ4v) is 4.17. The number of ether oxygens (including phenoxy) is 1. The van der Waals surface area contributed by atoms with Gasteiger partial charge in [0.05, 0.1) is 25.0 Å². The molecular weight excluding hydrogens is 350 g/mol. The van der Waals surface area contributed by atoms with Crippen molar-refractivity contribution in [2.75, 3.05) is 19.7 Å². The molecule has 6 nitrogen and oxygen atoms in total. The number of nitriles is 2. The Balaban J connectivity index is 1.91. The van der Waals surface area contributed by atoms with Crippen molar-refractivity contribution in [1.29, 1.82) is 10.5 Å². The summed E-state index contributed by atoms with van der Waals surface area (Å²) in [6, 6.07) is 5.85. The lowest BCUT2D eigenvalue weighted by Gasteiger charge is -2.19. The lowest BCUT2D eigenvalue weighted by molar-refractivity contribution is -0.134. The van der Waals surface area contributed by atoms with Gasteiger partial charge >= 0.3 is 5.97 Å². The van der Waals surface area contributed by atoms with Gasteiger partial charge in [0.25, 0.3) is 5.91 Å². The average molecular weight is 373 g/mol. The second kappa shape index (κ2) is 9.94. The molecule has 0 radical (unpaired) electrons. The molecule has 0 unspecified atom stereocenters. The Morgan fingerprint density at radius 2 is 2.00 bits per heavy atom. The highest BCUT2D eigenvalue weighted by molar-refractivity contribution is 7.14. The number of carbonyl (C=O) groups excluding carboxylic acids is 2. The first kappa shape index (κ1) is 19.9. The third kappa shape index (κ3) is 5.31. The summed E-state index contributed by atoms with van der Waals surface area (Å²) in [5, 5.41) is 17.3. The first-order chi connectivity index (χ1) is 12.6. The van der Waals surface area contributed by atoms with E-state index in [-0.39, 0.29) is 38.4 Å². The molecular formula is C19H23N3O3S. The molecule has 7 heteroatoms. The number of esters is 1. The third-order valence-electron chi connectivity index (χ3n) is 4.63. The van der Waals surface area contributed by atoms with Crippen molar-refractivity contribution in [1.82, 2.24) is 4.90 Å². The Bertz CT molecular complexity index is 711. The Morgan fingerprint density at radius 1 is 1.31 bits per heavy atom. The minimum Gasteiger partial charge on any atom is -0.451 e. The van der Waals surface area contributed by atoms with Gasteiger partial charge in [-0.05, 0) is 36.8 Å². The highest BCUT2D eigenvalue weighted by Crippen LogP contribution is 2.33. The summed E-state index contributed by atoms with van der Waals surface area (Å²) in [7, 11) is 0. The molecule has 2 rings (SSSR count). The summed E-state index contributed by atoms with van der Waals surface area (Å²) >= 11 is 1.46. The van der Waals surface area contributed by atoms with Crippen molar-refractivity contribution < 1.29 is 14.3 Å². The van der Waals surface area contributed by atoms with Gasteiger partial charge in [-0.3, -0.25) is 4.79 Å². The van der Waals surface area contributed by atoms with E-state index in [2.05, 4.69) is 6.92 Å². The molecule has 1 aliphatic carbocycles. The van der Waals surface area contributed by atoms with Crippen molar-refractivity contribution >= 4 is 23.2 Å². The third-order valence-corrected chi connectivity index (χ3v) is 5.85. The standard InChI is InChI=1S/C19H23N3O3S/c1-2-14-5-6-16-15(11-14)12-17(26-16)19(24)25-13-18(23)22(9-3-7-20)10-4-8-21/h12,14H,2-6,9-11,13H2,1H3/t14-/m1/s1. The van der Waals surface area contributed by atoms with E-state index in [0.29, 0.717) is 10.8 Å². The summed E-state index contributed by atoms with van der Waals surface area (Å²) in [6.45, 7) is 2.30. The Labute approximate surface area is 158 Å². The molecule has 1 amide bonds. The van der Waals surface area contributed by atoms with Crippen molar-refractivity contribution in [3.63, 3.8) is 0 Å². The summed E-state index contributed by atoms with van der Waals surface area (Å²) < 4.78 is 5.18. The average Bonchev–Trinajstić information content (AvgIpc) is 3.09. The van der Waals surface area contributed by atoms with E-state index in [4.69, 9.17) is 15.3 Å². The predicted octanol–water partition coefficient (Wildman–Crippen LogP) is 3.08. The van der Waals surface area contributed by atoms with Crippen LogP contribution in [0.2, 0.25) is 0 Å². The van der Waals surface area contributed by atoms with Crippen molar-refractivity contribution in [3.05, 3.63) is 21.4 Å². The Hall–Kier alpha value is -2.38. The second-order valence-corrected chi connectivity index (χ2v) is 7.49. The number of thiophene rings is 1. The van der Waals surface area contributed by atoms with Gasteiger partial charge in [-0.1, -0.05) is 13.3 Å². The molecule has 1 heterocycles. The topological polar surface area (TPSA) is 94.2 Å². The van der Waals surface area contributed by atoms with Crippen molar-refractivity contribution in [2.45, 2.75) is 45.4 Å². The van der Waals surface area contributed by atoms with E-state index in [9.17, 15) is 9.59 Å². The van der Waals surface area contributed by atoms with E-state index in [1.165, 1.54) is 26.7 Å². The number of carbonyl (C=O) groups is 2. The van der Waals surface area contributed by atoms with Gasteiger partial charge in [0, 0.05) is 18.0 Å². The van der Waals surface area contributed by atoms with Crippen LogP contribution in [0.4, 0.5) is 0 Å². The highest BCUT2D eigenvalue weighted by Gasteiger charge is 2.23. The molecule has 0 spiro atoms. The SMILES string of the molecule is CC[C@@H]1CCc2sc(C(=O)OCC(=O)N(CCC#N)CCC#N)cc2C1. The van der Waals surface area contributed by atoms with Gasteiger partial charge in [-0.15, -0.1) is 11.3 Å². The van der Waals surface area contributed by atoms with E-state index in [1.807, 2.05) is 18.2 Å². The molecule has 1 aromatic heterocycles. The van der Waals surface area contributed by atoms with Crippen LogP contribution >= 0.6 is 11.3 Å². The van der Waals surface area contributed by atoms with Crippen LogP contribution in [-0.4, -0.2) is 36.5 Å². The minimum atomic E-state index is -0.480. The van der Waals surface area contributed by atoms with Crippen LogP contribution in [0.3, 0.4) is 0 Å². The maximum absolute atomic E-state index is 12.3. The number of aryl methyl sites for hydroxylation is 1. The number of fused-ring (bicyclic) bond motifs is 1. The molecule has 0 N–H and O–H groups in total. The zero-order valence-corrected chi connectivity index (χ0v) is 15.8. The maximum atomic E-state index is 12.3. The number of hydrogen-bond acceptors (Lipinski definition) is 6. The monoisotopic (exact) mass is 373 g/mol. The molecule has 1 atom stereocenters. The smallest absolute Gasteiger partial charge is 0.348 e. The van der Waals surface area contributed by atoms with Crippen LogP contribution in [-0.2, 0) is 22.4 Å². The zero-order valence-electron chi connectivity index (χ0n) is 15.0. The quantitative estimate of drug-likeness (QED) is 0.653. The predicted molar refractivity (Wildman–Crippen MR) is 97.4 cm³/mol.